The summed E-state index contributed by atoms with van der Waals surface area (Å²) in [4.78, 5) is 22.0. The van der Waals surface area contributed by atoms with E-state index in [1.165, 1.54) is 19.3 Å². The third-order valence-corrected chi connectivity index (χ3v) is 3.76. The van der Waals surface area contributed by atoms with Crippen LogP contribution in [0.4, 0.5) is 4.79 Å². The molecule has 1 saturated carbocycles. The minimum atomic E-state index is -0.780. The number of nitrogens with one attached hydrogen (secondary N) is 2. The Hall–Kier alpha value is -1.26. The Morgan fingerprint density at radius 3 is 2.50 bits per heavy atom. The summed E-state index contributed by atoms with van der Waals surface area (Å²) in [6.07, 6.45) is 4.91. The Kier molecular flexibility index (Phi) is 5.44. The average molecular weight is 256 g/mol. The highest BCUT2D eigenvalue weighted by Crippen LogP contribution is 2.39. The van der Waals surface area contributed by atoms with Gasteiger partial charge in [0.2, 0.25) is 0 Å². The number of urea groups is 1. The number of aliphatic carboxylic acids is 1. The quantitative estimate of drug-likeness (QED) is 0.609. The molecule has 1 atom stereocenters. The van der Waals surface area contributed by atoms with Gasteiger partial charge in [0.1, 0.15) is 0 Å². The van der Waals surface area contributed by atoms with E-state index in [2.05, 4.69) is 17.6 Å². The van der Waals surface area contributed by atoms with Gasteiger partial charge in [-0.25, -0.2) is 4.79 Å². The van der Waals surface area contributed by atoms with Gasteiger partial charge in [-0.15, -0.1) is 0 Å². The third kappa shape index (κ3) is 4.94. The molecule has 1 aliphatic carbocycles. The Bertz CT molecular complexity index is 301. The van der Waals surface area contributed by atoms with Gasteiger partial charge in [-0.1, -0.05) is 20.3 Å². The fourth-order valence-corrected chi connectivity index (χ4v) is 2.05. The largest absolute Gasteiger partial charge is 0.481 e. The second-order valence-electron chi connectivity index (χ2n) is 5.66. The van der Waals surface area contributed by atoms with Crippen molar-refractivity contribution in [1.29, 1.82) is 0 Å². The molecule has 0 spiro atoms. The maximum atomic E-state index is 11.5. The molecule has 5 heteroatoms. The van der Waals surface area contributed by atoms with Crippen LogP contribution in [-0.2, 0) is 4.79 Å². The van der Waals surface area contributed by atoms with E-state index < -0.39 is 5.97 Å². The predicted octanol–water partition coefficient (Wildman–Crippen LogP) is 1.98. The third-order valence-electron chi connectivity index (χ3n) is 3.76. The van der Waals surface area contributed by atoms with Crippen LogP contribution in [0.1, 0.15) is 46.0 Å². The molecule has 0 aromatic rings. The first kappa shape index (κ1) is 14.8. The fraction of sp³-hybridized carbons (Fsp3) is 0.846. The number of carbonyl (C=O) groups excluding carboxylic acids is 1. The first-order chi connectivity index (χ1) is 8.43. The zero-order chi connectivity index (χ0) is 13.6. The molecule has 3 N–H and O–H groups in total. The van der Waals surface area contributed by atoms with Crippen LogP contribution in [0.25, 0.3) is 0 Å². The lowest BCUT2D eigenvalue weighted by atomic mass is 9.70. The molecule has 5 nitrogen and oxygen atoms in total. The molecular formula is C13H24N2O3. The van der Waals surface area contributed by atoms with Crippen LogP contribution in [0.5, 0.6) is 0 Å². The highest BCUT2D eigenvalue weighted by atomic mass is 16.4. The van der Waals surface area contributed by atoms with Gasteiger partial charge in [0.05, 0.1) is 5.92 Å². The molecule has 1 rings (SSSR count). The predicted molar refractivity (Wildman–Crippen MR) is 69.4 cm³/mol. The lowest BCUT2D eigenvalue weighted by Crippen LogP contribution is -2.44. The highest BCUT2D eigenvalue weighted by Gasteiger charge is 2.31. The van der Waals surface area contributed by atoms with Gasteiger partial charge in [0, 0.05) is 13.1 Å². The summed E-state index contributed by atoms with van der Waals surface area (Å²) in [7, 11) is 0. The zero-order valence-electron chi connectivity index (χ0n) is 11.3. The number of amides is 2. The standard InChI is InChI=1S/C13H24N2O3/c1-10(11(16)17)5-3-8-14-12(18)15-9-13(2)6-4-7-13/h10H,3-9H2,1-2H3,(H,16,17)(H2,14,15,18). The molecule has 0 aromatic carbocycles. The van der Waals surface area contributed by atoms with Gasteiger partial charge in [-0.2, -0.15) is 0 Å². The van der Waals surface area contributed by atoms with Crippen molar-refractivity contribution in [3.05, 3.63) is 0 Å². The zero-order valence-corrected chi connectivity index (χ0v) is 11.3. The second kappa shape index (κ2) is 6.61. The van der Waals surface area contributed by atoms with E-state index in [4.69, 9.17) is 5.11 Å². The van der Waals surface area contributed by atoms with Crippen molar-refractivity contribution in [2.45, 2.75) is 46.0 Å². The van der Waals surface area contributed by atoms with Crippen LogP contribution in [-0.4, -0.2) is 30.2 Å². The monoisotopic (exact) mass is 256 g/mol. The first-order valence-corrected chi connectivity index (χ1v) is 6.67. The molecule has 0 radical (unpaired) electrons. The van der Waals surface area contributed by atoms with Crippen molar-refractivity contribution < 1.29 is 14.7 Å². The van der Waals surface area contributed by atoms with Crippen LogP contribution in [0.15, 0.2) is 0 Å². The Morgan fingerprint density at radius 1 is 1.33 bits per heavy atom. The van der Waals surface area contributed by atoms with Crippen LogP contribution in [0, 0.1) is 11.3 Å². The molecule has 1 fully saturated rings. The summed E-state index contributed by atoms with van der Waals surface area (Å²) in [5.41, 5.74) is 0.287. The van der Waals surface area contributed by atoms with Gasteiger partial charge in [-0.3, -0.25) is 4.79 Å². The van der Waals surface area contributed by atoms with Crippen molar-refractivity contribution in [3.8, 4) is 0 Å². The van der Waals surface area contributed by atoms with Gasteiger partial charge in [0.15, 0.2) is 0 Å². The summed E-state index contributed by atoms with van der Waals surface area (Å²) in [6.45, 7) is 5.12. The van der Waals surface area contributed by atoms with E-state index in [0.29, 0.717) is 19.4 Å². The molecule has 0 bridgehead atoms. The Balaban J connectivity index is 2.01. The van der Waals surface area contributed by atoms with Crippen LogP contribution < -0.4 is 10.6 Å². The topological polar surface area (TPSA) is 78.4 Å². The lowest BCUT2D eigenvalue weighted by molar-refractivity contribution is -0.141. The fourth-order valence-electron chi connectivity index (χ4n) is 2.05. The van der Waals surface area contributed by atoms with E-state index in [0.717, 1.165) is 6.54 Å². The van der Waals surface area contributed by atoms with E-state index in [1.54, 1.807) is 6.92 Å². The number of rotatable bonds is 7. The van der Waals surface area contributed by atoms with E-state index in [-0.39, 0.29) is 17.4 Å². The SMILES string of the molecule is CC(CCCNC(=O)NCC1(C)CCC1)C(=O)O. The number of carboxylic acid groups (broad SMARTS) is 1. The molecule has 1 aliphatic rings. The van der Waals surface area contributed by atoms with Gasteiger partial charge < -0.3 is 15.7 Å². The number of hydrogen-bond donors (Lipinski definition) is 3. The molecular weight excluding hydrogens is 232 g/mol. The van der Waals surface area contributed by atoms with Gasteiger partial charge in [-0.05, 0) is 31.1 Å². The molecule has 0 aliphatic heterocycles. The first-order valence-electron chi connectivity index (χ1n) is 6.67. The Labute approximate surface area is 108 Å². The highest BCUT2D eigenvalue weighted by molar-refractivity contribution is 5.73. The van der Waals surface area contributed by atoms with Crippen molar-refractivity contribution in [2.75, 3.05) is 13.1 Å². The summed E-state index contributed by atoms with van der Waals surface area (Å²) >= 11 is 0. The number of hydrogen-bond acceptors (Lipinski definition) is 2. The van der Waals surface area contributed by atoms with Crippen molar-refractivity contribution in [3.63, 3.8) is 0 Å². The Morgan fingerprint density at radius 2 is 2.00 bits per heavy atom. The minimum absolute atomic E-state index is 0.147. The maximum absolute atomic E-state index is 11.5. The number of carbonyl (C=O) groups is 2. The molecule has 0 aromatic heterocycles. The summed E-state index contributed by atoms with van der Waals surface area (Å²) in [5.74, 6) is -1.12. The summed E-state index contributed by atoms with van der Waals surface area (Å²) in [5, 5.41) is 14.3. The normalized spacial score (nSPS) is 18.6. The minimum Gasteiger partial charge on any atom is -0.481 e. The molecule has 1 unspecified atom stereocenters. The molecule has 2 amide bonds. The van der Waals surface area contributed by atoms with E-state index in [1.807, 2.05) is 0 Å². The summed E-state index contributed by atoms with van der Waals surface area (Å²) < 4.78 is 0. The van der Waals surface area contributed by atoms with Crippen LogP contribution in [0.2, 0.25) is 0 Å². The molecule has 0 heterocycles. The smallest absolute Gasteiger partial charge is 0.314 e. The van der Waals surface area contributed by atoms with Crippen molar-refractivity contribution >= 4 is 12.0 Å². The van der Waals surface area contributed by atoms with Crippen molar-refractivity contribution in [1.82, 2.24) is 10.6 Å². The number of carboxylic acids is 1. The van der Waals surface area contributed by atoms with Crippen LogP contribution >= 0.6 is 0 Å². The van der Waals surface area contributed by atoms with Gasteiger partial charge >= 0.3 is 12.0 Å². The lowest BCUT2D eigenvalue weighted by Gasteiger charge is -2.38. The molecule has 0 saturated heterocycles. The maximum Gasteiger partial charge on any atom is 0.314 e. The van der Waals surface area contributed by atoms with Crippen LogP contribution in [0.3, 0.4) is 0 Å². The van der Waals surface area contributed by atoms with E-state index in [9.17, 15) is 9.59 Å². The van der Waals surface area contributed by atoms with Gasteiger partial charge in [0.25, 0.3) is 0 Å². The average Bonchev–Trinajstić information content (AvgIpc) is 2.29. The molecule has 104 valence electrons. The second-order valence-corrected chi connectivity index (χ2v) is 5.66. The summed E-state index contributed by atoms with van der Waals surface area (Å²) in [6, 6.07) is -0.147. The molecule has 18 heavy (non-hydrogen) atoms. The van der Waals surface area contributed by atoms with Crippen molar-refractivity contribution in [2.24, 2.45) is 11.3 Å². The van der Waals surface area contributed by atoms with E-state index >= 15 is 0 Å².